The first-order chi connectivity index (χ1) is 5.52. The van der Waals surface area contributed by atoms with Gasteiger partial charge in [-0.25, -0.2) is 9.59 Å². The van der Waals surface area contributed by atoms with Crippen LogP contribution in [0.3, 0.4) is 0 Å². The number of rotatable bonds is 1. The van der Waals surface area contributed by atoms with Crippen LogP contribution in [0, 0.1) is 0 Å². The van der Waals surface area contributed by atoms with Gasteiger partial charge >= 0.3 is 11.9 Å². The van der Waals surface area contributed by atoms with E-state index >= 15 is 0 Å². The lowest BCUT2D eigenvalue weighted by molar-refractivity contribution is -0.134. The molecule has 0 unspecified atom stereocenters. The zero-order valence-electron chi connectivity index (χ0n) is 6.75. The molecule has 0 saturated carbocycles. The van der Waals surface area contributed by atoms with Gasteiger partial charge in [0.15, 0.2) is 0 Å². The fraction of sp³-hybridized carbons (Fsp3) is 0.250. The molecule has 0 spiro atoms. The molecule has 1 N–H and O–H groups in total. The molecule has 0 bridgehead atoms. The van der Waals surface area contributed by atoms with Crippen molar-refractivity contribution in [3.05, 3.63) is 23.0 Å². The third-order valence-electron chi connectivity index (χ3n) is 1.56. The molecule has 0 radical (unpaired) electrons. The molecule has 4 heteroatoms. The Morgan fingerprint density at radius 3 is 2.50 bits per heavy atom. The first-order valence-corrected chi connectivity index (χ1v) is 3.37. The minimum atomic E-state index is -1.08. The largest absolute Gasteiger partial charge is 0.478 e. The van der Waals surface area contributed by atoms with E-state index < -0.39 is 11.9 Å². The molecule has 1 rings (SSSR count). The topological polar surface area (TPSA) is 63.6 Å². The van der Waals surface area contributed by atoms with Crippen molar-refractivity contribution < 1.29 is 19.4 Å². The zero-order chi connectivity index (χ0) is 9.30. The predicted molar refractivity (Wildman–Crippen MR) is 40.2 cm³/mol. The molecule has 12 heavy (non-hydrogen) atoms. The van der Waals surface area contributed by atoms with Crippen molar-refractivity contribution in [2.75, 3.05) is 0 Å². The average molecular weight is 168 g/mol. The van der Waals surface area contributed by atoms with Gasteiger partial charge in [-0.2, -0.15) is 0 Å². The summed E-state index contributed by atoms with van der Waals surface area (Å²) in [5.74, 6) is -1.43. The van der Waals surface area contributed by atoms with Gasteiger partial charge in [0.1, 0.15) is 5.76 Å². The first-order valence-electron chi connectivity index (χ1n) is 3.37. The van der Waals surface area contributed by atoms with Crippen LogP contribution in [0.1, 0.15) is 13.8 Å². The molecule has 0 saturated heterocycles. The van der Waals surface area contributed by atoms with E-state index in [1.54, 1.807) is 6.92 Å². The maximum absolute atomic E-state index is 10.8. The van der Waals surface area contributed by atoms with Gasteiger partial charge in [-0.15, -0.1) is 0 Å². The second-order valence-corrected chi connectivity index (χ2v) is 2.51. The molecule has 1 aliphatic heterocycles. The third-order valence-corrected chi connectivity index (χ3v) is 1.56. The Labute approximate surface area is 69.1 Å². The van der Waals surface area contributed by atoms with Crippen LogP contribution < -0.4 is 0 Å². The number of ether oxygens (including phenoxy) is 1. The van der Waals surface area contributed by atoms with Gasteiger partial charge in [0.2, 0.25) is 0 Å². The molecular formula is C8H8O4. The van der Waals surface area contributed by atoms with E-state index in [9.17, 15) is 9.59 Å². The van der Waals surface area contributed by atoms with Crippen LogP contribution in [0.15, 0.2) is 23.0 Å². The smallest absolute Gasteiger partial charge is 0.339 e. The molecular weight excluding hydrogens is 160 g/mol. The Hall–Kier alpha value is -1.58. The van der Waals surface area contributed by atoms with Crippen LogP contribution in [-0.4, -0.2) is 17.0 Å². The molecule has 0 aromatic rings. The van der Waals surface area contributed by atoms with Crippen LogP contribution in [-0.2, 0) is 14.3 Å². The SMILES string of the molecule is CC1=C/C(=C(/C)C(=O)O)OC1=O. The van der Waals surface area contributed by atoms with E-state index in [1.807, 2.05) is 0 Å². The summed E-state index contributed by atoms with van der Waals surface area (Å²) in [6.07, 6.45) is 1.42. The van der Waals surface area contributed by atoms with E-state index in [1.165, 1.54) is 13.0 Å². The molecule has 1 heterocycles. The van der Waals surface area contributed by atoms with E-state index in [0.29, 0.717) is 5.57 Å². The highest BCUT2D eigenvalue weighted by Gasteiger charge is 2.20. The van der Waals surface area contributed by atoms with Crippen LogP contribution in [0.5, 0.6) is 0 Å². The fourth-order valence-electron chi connectivity index (χ4n) is 0.756. The van der Waals surface area contributed by atoms with E-state index in [4.69, 9.17) is 5.11 Å². The monoisotopic (exact) mass is 168 g/mol. The summed E-state index contributed by atoms with van der Waals surface area (Å²) >= 11 is 0. The Kier molecular flexibility index (Phi) is 1.99. The summed E-state index contributed by atoms with van der Waals surface area (Å²) in [5.41, 5.74) is 0.464. The number of carboxylic acid groups (broad SMARTS) is 1. The summed E-state index contributed by atoms with van der Waals surface area (Å²) in [6, 6.07) is 0. The molecule has 0 aliphatic carbocycles. The number of cyclic esters (lactones) is 1. The zero-order valence-corrected chi connectivity index (χ0v) is 6.75. The number of carbonyl (C=O) groups excluding carboxylic acids is 1. The lowest BCUT2D eigenvalue weighted by atomic mass is 10.2. The van der Waals surface area contributed by atoms with E-state index in [2.05, 4.69) is 4.74 Å². The van der Waals surface area contributed by atoms with Crippen molar-refractivity contribution in [1.82, 2.24) is 0 Å². The molecule has 0 atom stereocenters. The number of aliphatic carboxylic acids is 1. The van der Waals surface area contributed by atoms with Crippen molar-refractivity contribution >= 4 is 11.9 Å². The average Bonchev–Trinajstić information content (AvgIpc) is 2.30. The fourth-order valence-corrected chi connectivity index (χ4v) is 0.756. The van der Waals surface area contributed by atoms with Crippen molar-refractivity contribution in [3.8, 4) is 0 Å². The standard InChI is InChI=1S/C8H8O4/c1-4-3-6(12-8(4)11)5(2)7(9)10/h3H,1-2H3,(H,9,10)/b6-5+. The Morgan fingerprint density at radius 2 is 2.17 bits per heavy atom. The molecule has 1 aliphatic rings. The predicted octanol–water partition coefficient (Wildman–Crippen LogP) is 0.848. The number of hydrogen-bond acceptors (Lipinski definition) is 3. The number of carbonyl (C=O) groups is 2. The highest BCUT2D eigenvalue weighted by molar-refractivity contribution is 5.95. The maximum Gasteiger partial charge on any atom is 0.339 e. The highest BCUT2D eigenvalue weighted by Crippen LogP contribution is 2.19. The maximum atomic E-state index is 10.8. The number of hydrogen-bond donors (Lipinski definition) is 1. The lowest BCUT2D eigenvalue weighted by Crippen LogP contribution is -2.02. The molecule has 0 aromatic heterocycles. The van der Waals surface area contributed by atoms with Gasteiger partial charge in [0, 0.05) is 5.57 Å². The van der Waals surface area contributed by atoms with E-state index in [-0.39, 0.29) is 11.3 Å². The molecule has 4 nitrogen and oxygen atoms in total. The minimum absolute atomic E-state index is 0.0419. The summed E-state index contributed by atoms with van der Waals surface area (Å²) < 4.78 is 4.66. The number of esters is 1. The van der Waals surface area contributed by atoms with Crippen molar-refractivity contribution in [2.24, 2.45) is 0 Å². The molecule has 0 fully saturated rings. The molecule has 64 valence electrons. The Bertz CT molecular complexity index is 309. The Morgan fingerprint density at radius 1 is 1.58 bits per heavy atom. The summed E-state index contributed by atoms with van der Waals surface area (Å²) in [7, 11) is 0. The van der Waals surface area contributed by atoms with Crippen LogP contribution in [0.2, 0.25) is 0 Å². The quantitative estimate of drug-likeness (QED) is 0.465. The van der Waals surface area contributed by atoms with Gasteiger partial charge < -0.3 is 9.84 Å². The van der Waals surface area contributed by atoms with Gasteiger partial charge in [0.25, 0.3) is 0 Å². The van der Waals surface area contributed by atoms with Crippen LogP contribution >= 0.6 is 0 Å². The summed E-state index contributed by atoms with van der Waals surface area (Å²) in [6.45, 7) is 2.96. The van der Waals surface area contributed by atoms with Gasteiger partial charge in [-0.3, -0.25) is 0 Å². The molecule has 0 amide bonds. The second kappa shape index (κ2) is 2.81. The van der Waals surface area contributed by atoms with Gasteiger partial charge in [-0.05, 0) is 19.9 Å². The van der Waals surface area contributed by atoms with Crippen molar-refractivity contribution in [1.29, 1.82) is 0 Å². The third kappa shape index (κ3) is 1.37. The van der Waals surface area contributed by atoms with Crippen molar-refractivity contribution in [3.63, 3.8) is 0 Å². The first kappa shape index (κ1) is 8.52. The number of allylic oxidation sites excluding steroid dienone is 1. The Balaban J connectivity index is 3.03. The number of carboxylic acids is 1. The highest BCUT2D eigenvalue weighted by atomic mass is 16.5. The summed E-state index contributed by atoms with van der Waals surface area (Å²) in [5, 5.41) is 8.54. The van der Waals surface area contributed by atoms with Gasteiger partial charge in [0.05, 0.1) is 5.57 Å². The second-order valence-electron chi connectivity index (χ2n) is 2.51. The molecule has 0 aromatic carbocycles. The van der Waals surface area contributed by atoms with Gasteiger partial charge in [-0.1, -0.05) is 0 Å². The van der Waals surface area contributed by atoms with Crippen LogP contribution in [0.25, 0.3) is 0 Å². The minimum Gasteiger partial charge on any atom is -0.478 e. The van der Waals surface area contributed by atoms with Crippen molar-refractivity contribution in [2.45, 2.75) is 13.8 Å². The van der Waals surface area contributed by atoms with E-state index in [0.717, 1.165) is 0 Å². The summed E-state index contributed by atoms with van der Waals surface area (Å²) in [4.78, 5) is 21.2. The normalized spacial score (nSPS) is 20.2. The lowest BCUT2D eigenvalue weighted by Gasteiger charge is -1.97. The van der Waals surface area contributed by atoms with Crippen LogP contribution in [0.4, 0.5) is 0 Å².